The molecule has 0 N–H and O–H groups in total. The Morgan fingerprint density at radius 1 is 1.03 bits per heavy atom. The van der Waals surface area contributed by atoms with Crippen molar-refractivity contribution in [3.8, 4) is 17.2 Å². The van der Waals surface area contributed by atoms with Gasteiger partial charge in [-0.2, -0.15) is 0 Å². The van der Waals surface area contributed by atoms with Gasteiger partial charge in [0.1, 0.15) is 18.1 Å². The van der Waals surface area contributed by atoms with Crippen molar-refractivity contribution in [1.82, 2.24) is 19.7 Å². The van der Waals surface area contributed by atoms with E-state index in [9.17, 15) is 4.79 Å². The van der Waals surface area contributed by atoms with Crippen molar-refractivity contribution in [1.29, 1.82) is 0 Å². The maximum Gasteiger partial charge on any atom is 0.233 e. The Bertz CT molecular complexity index is 1050. The Labute approximate surface area is 205 Å². The Hall–Kier alpha value is -3.00. The Kier molecular flexibility index (Phi) is 8.46. The fourth-order valence-corrected chi connectivity index (χ4v) is 5.24. The molecule has 4 rings (SSSR count). The van der Waals surface area contributed by atoms with Crippen molar-refractivity contribution >= 4 is 17.7 Å². The molecule has 0 aliphatic heterocycles. The van der Waals surface area contributed by atoms with E-state index in [-0.39, 0.29) is 12.5 Å². The van der Waals surface area contributed by atoms with Gasteiger partial charge in [-0.25, -0.2) is 0 Å². The van der Waals surface area contributed by atoms with Crippen molar-refractivity contribution in [3.63, 3.8) is 0 Å². The van der Waals surface area contributed by atoms with Crippen molar-refractivity contribution in [2.45, 2.75) is 56.8 Å². The molecule has 34 heavy (non-hydrogen) atoms. The minimum atomic E-state index is 0.165. The quantitative estimate of drug-likeness (QED) is 0.375. The van der Waals surface area contributed by atoms with Crippen molar-refractivity contribution in [3.05, 3.63) is 60.4 Å². The van der Waals surface area contributed by atoms with Gasteiger partial charge in [-0.3, -0.25) is 9.36 Å². The molecule has 1 saturated carbocycles. The number of hydrogen-bond donors (Lipinski definition) is 0. The SMILES string of the molecule is CCN(C(=O)CSc1nnc(COc2ccc(OC)cc2)n1-c1ccccc1)C1CCCCC1. The van der Waals surface area contributed by atoms with E-state index in [1.165, 1.54) is 31.0 Å². The number of benzene rings is 2. The van der Waals surface area contributed by atoms with Gasteiger partial charge in [0.15, 0.2) is 11.0 Å². The number of methoxy groups -OCH3 is 1. The number of para-hydroxylation sites is 1. The highest BCUT2D eigenvalue weighted by Gasteiger charge is 2.25. The van der Waals surface area contributed by atoms with E-state index in [1.807, 2.05) is 64.1 Å². The lowest BCUT2D eigenvalue weighted by atomic mass is 9.94. The van der Waals surface area contributed by atoms with Crippen LogP contribution in [0.15, 0.2) is 59.8 Å². The number of carbonyl (C=O) groups excluding carboxylic acids is 1. The third kappa shape index (κ3) is 5.91. The molecule has 180 valence electrons. The lowest BCUT2D eigenvalue weighted by Crippen LogP contribution is -2.42. The number of aromatic nitrogens is 3. The van der Waals surface area contributed by atoms with Gasteiger partial charge < -0.3 is 14.4 Å². The molecule has 1 fully saturated rings. The minimum absolute atomic E-state index is 0.165. The summed E-state index contributed by atoms with van der Waals surface area (Å²) < 4.78 is 13.1. The summed E-state index contributed by atoms with van der Waals surface area (Å²) in [6, 6.07) is 17.7. The van der Waals surface area contributed by atoms with Gasteiger partial charge >= 0.3 is 0 Å². The lowest BCUT2D eigenvalue weighted by Gasteiger charge is -2.33. The number of nitrogens with zero attached hydrogens (tertiary/aromatic N) is 4. The molecule has 0 unspecified atom stereocenters. The lowest BCUT2D eigenvalue weighted by molar-refractivity contribution is -0.131. The molecule has 1 aliphatic carbocycles. The van der Waals surface area contributed by atoms with Crippen LogP contribution in [0.3, 0.4) is 0 Å². The molecule has 0 saturated heterocycles. The van der Waals surface area contributed by atoms with Crippen LogP contribution in [-0.2, 0) is 11.4 Å². The maximum absolute atomic E-state index is 13.1. The molecule has 3 aromatic rings. The third-order valence-electron chi connectivity index (χ3n) is 6.14. The summed E-state index contributed by atoms with van der Waals surface area (Å²) in [6.07, 6.45) is 5.91. The highest BCUT2D eigenvalue weighted by molar-refractivity contribution is 7.99. The zero-order valence-electron chi connectivity index (χ0n) is 19.9. The largest absolute Gasteiger partial charge is 0.497 e. The summed E-state index contributed by atoms with van der Waals surface area (Å²) in [6.45, 7) is 3.07. The fraction of sp³-hybridized carbons (Fsp3) is 0.423. The summed E-state index contributed by atoms with van der Waals surface area (Å²) in [5, 5.41) is 9.49. The van der Waals surface area contributed by atoms with Crippen LogP contribution >= 0.6 is 11.8 Å². The van der Waals surface area contributed by atoms with Gasteiger partial charge in [0.05, 0.1) is 12.9 Å². The predicted octanol–water partition coefficient (Wildman–Crippen LogP) is 5.13. The number of ether oxygens (including phenoxy) is 2. The monoisotopic (exact) mass is 480 g/mol. The Morgan fingerprint density at radius 3 is 2.41 bits per heavy atom. The van der Waals surface area contributed by atoms with Crippen LogP contribution in [0.25, 0.3) is 5.69 Å². The van der Waals surface area contributed by atoms with Crippen LogP contribution in [-0.4, -0.2) is 51.0 Å². The third-order valence-corrected chi connectivity index (χ3v) is 7.06. The van der Waals surface area contributed by atoms with Gasteiger partial charge in [-0.05, 0) is 56.2 Å². The number of carbonyl (C=O) groups is 1. The van der Waals surface area contributed by atoms with E-state index in [0.29, 0.717) is 22.8 Å². The highest BCUT2D eigenvalue weighted by Crippen LogP contribution is 2.26. The van der Waals surface area contributed by atoms with Crippen LogP contribution in [0.5, 0.6) is 11.5 Å². The predicted molar refractivity (Wildman–Crippen MR) is 134 cm³/mol. The Morgan fingerprint density at radius 2 is 1.74 bits per heavy atom. The molecular weight excluding hydrogens is 448 g/mol. The topological polar surface area (TPSA) is 69.5 Å². The first-order chi connectivity index (χ1) is 16.7. The molecule has 1 heterocycles. The first-order valence-electron chi connectivity index (χ1n) is 11.9. The number of rotatable bonds is 10. The fourth-order valence-electron chi connectivity index (χ4n) is 4.38. The number of thioether (sulfide) groups is 1. The van der Waals surface area contributed by atoms with Gasteiger partial charge in [-0.1, -0.05) is 49.2 Å². The zero-order valence-corrected chi connectivity index (χ0v) is 20.7. The van der Waals surface area contributed by atoms with E-state index in [0.717, 1.165) is 36.6 Å². The normalized spacial score (nSPS) is 14.1. The smallest absolute Gasteiger partial charge is 0.233 e. The second kappa shape index (κ2) is 11.9. The first kappa shape index (κ1) is 24.1. The average molecular weight is 481 g/mol. The van der Waals surface area contributed by atoms with Crippen molar-refractivity contribution in [2.24, 2.45) is 0 Å². The summed E-state index contributed by atoms with van der Waals surface area (Å²) in [7, 11) is 1.64. The summed E-state index contributed by atoms with van der Waals surface area (Å²) in [5.74, 6) is 2.68. The van der Waals surface area contributed by atoms with E-state index in [4.69, 9.17) is 9.47 Å². The number of hydrogen-bond acceptors (Lipinski definition) is 6. The highest BCUT2D eigenvalue weighted by atomic mass is 32.2. The first-order valence-corrected chi connectivity index (χ1v) is 12.9. The van der Waals surface area contributed by atoms with E-state index < -0.39 is 0 Å². The van der Waals surface area contributed by atoms with Gasteiger partial charge in [0.25, 0.3) is 0 Å². The second-order valence-corrected chi connectivity index (χ2v) is 9.24. The molecule has 0 spiro atoms. The van der Waals surface area contributed by atoms with Gasteiger partial charge in [-0.15, -0.1) is 10.2 Å². The second-order valence-electron chi connectivity index (χ2n) is 8.29. The van der Waals surface area contributed by atoms with Crippen LogP contribution in [0.2, 0.25) is 0 Å². The van der Waals surface area contributed by atoms with Crippen LogP contribution in [0.4, 0.5) is 0 Å². The van der Waals surface area contributed by atoms with Crippen molar-refractivity contribution < 1.29 is 14.3 Å². The molecule has 0 radical (unpaired) electrons. The van der Waals surface area contributed by atoms with E-state index in [2.05, 4.69) is 17.1 Å². The molecule has 2 aromatic carbocycles. The summed E-state index contributed by atoms with van der Waals surface area (Å²) >= 11 is 1.43. The van der Waals surface area contributed by atoms with E-state index in [1.54, 1.807) is 7.11 Å². The van der Waals surface area contributed by atoms with Gasteiger partial charge in [0, 0.05) is 18.3 Å². The minimum Gasteiger partial charge on any atom is -0.497 e. The van der Waals surface area contributed by atoms with Crippen LogP contribution in [0, 0.1) is 0 Å². The standard InChI is InChI=1S/C26H32N4O3S/c1-3-29(20-10-6-4-7-11-20)25(31)19-34-26-28-27-24(30(26)21-12-8-5-9-13-21)18-33-23-16-14-22(32-2)15-17-23/h5,8-9,12-17,20H,3-4,6-7,10-11,18-19H2,1-2H3. The molecule has 1 aliphatic rings. The Balaban J connectivity index is 1.48. The molecule has 1 aromatic heterocycles. The molecule has 0 atom stereocenters. The average Bonchev–Trinajstić information content (AvgIpc) is 3.31. The van der Waals surface area contributed by atoms with E-state index >= 15 is 0 Å². The molecule has 7 nitrogen and oxygen atoms in total. The summed E-state index contributed by atoms with van der Waals surface area (Å²) in [4.78, 5) is 15.1. The number of amides is 1. The van der Waals surface area contributed by atoms with Crippen LogP contribution in [0.1, 0.15) is 44.9 Å². The summed E-state index contributed by atoms with van der Waals surface area (Å²) in [5.41, 5.74) is 0.940. The molecule has 1 amide bonds. The molecule has 8 heteroatoms. The van der Waals surface area contributed by atoms with Crippen LogP contribution < -0.4 is 9.47 Å². The zero-order chi connectivity index (χ0) is 23.8. The molecular formula is C26H32N4O3S. The van der Waals surface area contributed by atoms with Gasteiger partial charge in [0.2, 0.25) is 5.91 Å². The van der Waals surface area contributed by atoms with Crippen molar-refractivity contribution in [2.75, 3.05) is 19.4 Å². The molecule has 0 bridgehead atoms. The maximum atomic E-state index is 13.1.